The maximum absolute atomic E-state index is 12.4. The maximum Gasteiger partial charge on any atom is 0.227 e. The van der Waals surface area contributed by atoms with Gasteiger partial charge in [-0.2, -0.15) is 0 Å². The molecule has 2 aromatic carbocycles. The van der Waals surface area contributed by atoms with Crippen molar-refractivity contribution in [2.24, 2.45) is 0 Å². The number of halogens is 3. The monoisotopic (exact) mass is 401 g/mol. The highest BCUT2D eigenvalue weighted by atomic mass is 35.5. The van der Waals surface area contributed by atoms with Crippen LogP contribution in [-0.4, -0.2) is 37.0 Å². The van der Waals surface area contributed by atoms with E-state index in [1.54, 1.807) is 0 Å². The second-order valence-corrected chi connectivity index (χ2v) is 6.14. The fourth-order valence-electron chi connectivity index (χ4n) is 2.83. The third kappa shape index (κ3) is 5.43. The lowest BCUT2D eigenvalue weighted by Gasteiger charge is -2.36. The Hall–Kier alpha value is -1.62. The Labute approximate surface area is 165 Å². The number of para-hydroxylation sites is 1. The van der Waals surface area contributed by atoms with Crippen LogP contribution < -0.4 is 10.6 Å². The van der Waals surface area contributed by atoms with Crippen molar-refractivity contribution in [3.63, 3.8) is 0 Å². The lowest BCUT2D eigenvalue weighted by atomic mass is 10.1. The zero-order valence-electron chi connectivity index (χ0n) is 13.7. The average molecular weight is 403 g/mol. The molecular weight excluding hydrogens is 381 g/mol. The van der Waals surface area contributed by atoms with E-state index in [0.717, 1.165) is 48.1 Å². The first-order valence-corrected chi connectivity index (χ1v) is 8.13. The molecule has 1 saturated heterocycles. The van der Waals surface area contributed by atoms with Gasteiger partial charge in [-0.05, 0) is 29.8 Å². The van der Waals surface area contributed by atoms with E-state index in [-0.39, 0.29) is 30.7 Å². The van der Waals surface area contributed by atoms with Crippen LogP contribution in [0.2, 0.25) is 5.02 Å². The van der Waals surface area contributed by atoms with Crippen molar-refractivity contribution in [1.29, 1.82) is 0 Å². The number of amides is 1. The Morgan fingerprint density at radius 2 is 1.56 bits per heavy atom. The van der Waals surface area contributed by atoms with Gasteiger partial charge in [0.15, 0.2) is 0 Å². The van der Waals surface area contributed by atoms with Crippen LogP contribution in [0.15, 0.2) is 48.5 Å². The summed E-state index contributed by atoms with van der Waals surface area (Å²) in [4.78, 5) is 16.6. The Morgan fingerprint density at radius 1 is 0.960 bits per heavy atom. The van der Waals surface area contributed by atoms with E-state index in [1.807, 2.05) is 53.4 Å². The number of nitrogen functional groups attached to an aromatic ring is 1. The second kappa shape index (κ2) is 9.76. The van der Waals surface area contributed by atoms with Crippen molar-refractivity contribution in [2.45, 2.75) is 6.42 Å². The van der Waals surface area contributed by atoms with Gasteiger partial charge in [-0.25, -0.2) is 0 Å². The van der Waals surface area contributed by atoms with Crippen molar-refractivity contribution < 1.29 is 4.79 Å². The standard InChI is InChI=1S/C18H20ClN3O.2ClH/c19-16-3-1-2-4-17(16)21-9-11-22(12-10-21)18(23)13-14-5-7-15(20)8-6-14;;/h1-8H,9-13,20H2;2*1H. The molecule has 1 heterocycles. The van der Waals surface area contributed by atoms with E-state index in [0.29, 0.717) is 6.42 Å². The Bertz CT molecular complexity index is 686. The minimum absolute atomic E-state index is 0. The molecule has 0 atom stereocenters. The smallest absolute Gasteiger partial charge is 0.227 e. The van der Waals surface area contributed by atoms with Gasteiger partial charge in [-0.1, -0.05) is 35.9 Å². The number of carbonyl (C=O) groups excluding carboxylic acids is 1. The normalized spacial score (nSPS) is 13.6. The number of hydrogen-bond donors (Lipinski definition) is 1. The zero-order valence-corrected chi connectivity index (χ0v) is 16.1. The summed E-state index contributed by atoms with van der Waals surface area (Å²) in [6, 6.07) is 15.3. The summed E-state index contributed by atoms with van der Waals surface area (Å²) in [5, 5.41) is 0.758. The van der Waals surface area contributed by atoms with Crippen molar-refractivity contribution in [1.82, 2.24) is 4.90 Å². The predicted molar refractivity (Wildman–Crippen MR) is 109 cm³/mol. The number of benzene rings is 2. The number of rotatable bonds is 3. The van der Waals surface area contributed by atoms with Crippen LogP contribution in [0.1, 0.15) is 5.56 Å². The molecule has 1 amide bonds. The molecule has 1 aliphatic heterocycles. The number of carbonyl (C=O) groups is 1. The minimum atomic E-state index is 0. The summed E-state index contributed by atoms with van der Waals surface area (Å²) in [5.74, 6) is 0.161. The molecule has 0 aliphatic carbocycles. The van der Waals surface area contributed by atoms with Crippen LogP contribution in [0.4, 0.5) is 11.4 Å². The van der Waals surface area contributed by atoms with Crippen LogP contribution in [0, 0.1) is 0 Å². The number of hydrogen-bond acceptors (Lipinski definition) is 3. The first kappa shape index (κ1) is 21.4. The fourth-order valence-corrected chi connectivity index (χ4v) is 3.08. The van der Waals surface area contributed by atoms with Gasteiger partial charge in [0.2, 0.25) is 5.91 Å². The summed E-state index contributed by atoms with van der Waals surface area (Å²) >= 11 is 6.24. The van der Waals surface area contributed by atoms with Gasteiger partial charge in [0, 0.05) is 31.9 Å². The Kier molecular flexibility index (Phi) is 8.36. The van der Waals surface area contributed by atoms with Crippen LogP contribution in [0.3, 0.4) is 0 Å². The first-order valence-electron chi connectivity index (χ1n) is 7.75. The van der Waals surface area contributed by atoms with Gasteiger partial charge < -0.3 is 15.5 Å². The number of anilines is 2. The SMILES string of the molecule is Cl.Cl.Nc1ccc(CC(=O)N2CCN(c3ccccc3Cl)CC2)cc1. The molecule has 0 spiro atoms. The molecule has 0 saturated carbocycles. The molecule has 25 heavy (non-hydrogen) atoms. The number of nitrogens with two attached hydrogens (primary N) is 1. The van der Waals surface area contributed by atoms with Crippen LogP contribution in [0.25, 0.3) is 0 Å². The van der Waals surface area contributed by atoms with Crippen LogP contribution in [-0.2, 0) is 11.2 Å². The molecule has 2 N–H and O–H groups in total. The topological polar surface area (TPSA) is 49.6 Å². The third-order valence-corrected chi connectivity index (χ3v) is 4.48. The minimum Gasteiger partial charge on any atom is -0.399 e. The van der Waals surface area contributed by atoms with E-state index in [9.17, 15) is 4.79 Å². The lowest BCUT2D eigenvalue weighted by molar-refractivity contribution is -0.130. The molecule has 136 valence electrons. The van der Waals surface area contributed by atoms with Crippen molar-refractivity contribution >= 4 is 53.7 Å². The van der Waals surface area contributed by atoms with Crippen molar-refractivity contribution in [3.05, 3.63) is 59.1 Å². The van der Waals surface area contributed by atoms with Gasteiger partial charge in [-0.3, -0.25) is 4.79 Å². The van der Waals surface area contributed by atoms with Crippen LogP contribution >= 0.6 is 36.4 Å². The molecular formula is C18H22Cl3N3O. The fraction of sp³-hybridized carbons (Fsp3) is 0.278. The Balaban J connectivity index is 0.00000156. The highest BCUT2D eigenvalue weighted by Crippen LogP contribution is 2.26. The molecule has 2 aromatic rings. The highest BCUT2D eigenvalue weighted by molar-refractivity contribution is 6.33. The molecule has 1 fully saturated rings. The average Bonchev–Trinajstić information content (AvgIpc) is 2.57. The van der Waals surface area contributed by atoms with Gasteiger partial charge in [-0.15, -0.1) is 24.8 Å². The van der Waals surface area contributed by atoms with E-state index in [2.05, 4.69) is 4.90 Å². The maximum atomic E-state index is 12.4. The third-order valence-electron chi connectivity index (χ3n) is 4.16. The van der Waals surface area contributed by atoms with Gasteiger partial charge in [0.25, 0.3) is 0 Å². The molecule has 0 aromatic heterocycles. The quantitative estimate of drug-likeness (QED) is 0.797. The summed E-state index contributed by atoms with van der Waals surface area (Å²) < 4.78 is 0. The zero-order chi connectivity index (χ0) is 16.2. The molecule has 1 aliphatic rings. The molecule has 0 radical (unpaired) electrons. The second-order valence-electron chi connectivity index (χ2n) is 5.74. The van der Waals surface area contributed by atoms with Crippen molar-refractivity contribution in [2.75, 3.05) is 36.8 Å². The van der Waals surface area contributed by atoms with E-state index in [1.165, 1.54) is 0 Å². The molecule has 7 heteroatoms. The molecule has 0 unspecified atom stereocenters. The van der Waals surface area contributed by atoms with Crippen molar-refractivity contribution in [3.8, 4) is 0 Å². The molecule has 0 bridgehead atoms. The summed E-state index contributed by atoms with van der Waals surface area (Å²) in [6.45, 7) is 3.05. The molecule has 3 rings (SSSR count). The Morgan fingerprint density at radius 3 is 2.16 bits per heavy atom. The van der Waals surface area contributed by atoms with Crippen LogP contribution in [0.5, 0.6) is 0 Å². The predicted octanol–water partition coefficient (Wildman–Crippen LogP) is 3.66. The summed E-state index contributed by atoms with van der Waals surface area (Å²) in [6.07, 6.45) is 0.423. The number of piperazine rings is 1. The lowest BCUT2D eigenvalue weighted by Crippen LogP contribution is -2.49. The van der Waals surface area contributed by atoms with Gasteiger partial charge in [0.1, 0.15) is 0 Å². The first-order chi connectivity index (χ1) is 11.1. The van der Waals surface area contributed by atoms with E-state index in [4.69, 9.17) is 17.3 Å². The highest BCUT2D eigenvalue weighted by Gasteiger charge is 2.22. The largest absolute Gasteiger partial charge is 0.399 e. The van der Waals surface area contributed by atoms with Gasteiger partial charge in [0.05, 0.1) is 17.1 Å². The summed E-state index contributed by atoms with van der Waals surface area (Å²) in [5.41, 5.74) is 8.43. The summed E-state index contributed by atoms with van der Waals surface area (Å²) in [7, 11) is 0. The van der Waals surface area contributed by atoms with E-state index >= 15 is 0 Å². The van der Waals surface area contributed by atoms with E-state index < -0.39 is 0 Å². The molecule has 4 nitrogen and oxygen atoms in total. The van der Waals surface area contributed by atoms with Gasteiger partial charge >= 0.3 is 0 Å². The number of nitrogens with zero attached hydrogens (tertiary/aromatic N) is 2.